The molecule has 75 valence electrons. The van der Waals surface area contributed by atoms with Crippen LogP contribution < -0.4 is 5.46 Å². The van der Waals surface area contributed by atoms with Gasteiger partial charge in [0.1, 0.15) is 7.28 Å². The first kappa shape index (κ1) is 11.3. The highest BCUT2D eigenvalue weighted by atomic mass is 16.3. The van der Waals surface area contributed by atoms with Crippen LogP contribution in [0.15, 0.2) is 24.3 Å². The zero-order valence-corrected chi connectivity index (χ0v) is 9.03. The Bertz CT molecular complexity index is 273. The van der Waals surface area contributed by atoms with Gasteiger partial charge in [0.15, 0.2) is 0 Å². The minimum atomic E-state index is -0.188. The van der Waals surface area contributed by atoms with Gasteiger partial charge in [-0.3, -0.25) is 0 Å². The lowest BCUT2D eigenvalue weighted by Gasteiger charge is -2.09. The molecule has 0 fully saturated rings. The second-order valence-electron chi connectivity index (χ2n) is 3.68. The fourth-order valence-electron chi connectivity index (χ4n) is 1.61. The van der Waals surface area contributed by atoms with Crippen molar-refractivity contribution in [2.24, 2.45) is 0 Å². The molecule has 0 saturated heterocycles. The first-order chi connectivity index (χ1) is 6.76. The predicted octanol–water partition coefficient (Wildman–Crippen LogP) is 1.77. The van der Waals surface area contributed by atoms with Crippen molar-refractivity contribution in [1.82, 2.24) is 0 Å². The van der Waals surface area contributed by atoms with Gasteiger partial charge in [0.25, 0.3) is 0 Å². The van der Waals surface area contributed by atoms with E-state index in [2.05, 4.69) is 32.4 Å². The van der Waals surface area contributed by atoms with Gasteiger partial charge in [-0.25, -0.2) is 0 Å². The molecule has 2 heteroatoms. The molecule has 0 bridgehead atoms. The largest absolute Gasteiger partial charge is 0.393 e. The highest BCUT2D eigenvalue weighted by Gasteiger charge is 2.04. The SMILES string of the molecule is C[B]c1cccc(C[C@@H](O)CCC)c1. The average molecular weight is 189 g/mol. The molecule has 1 aromatic rings. The number of benzene rings is 1. The van der Waals surface area contributed by atoms with Gasteiger partial charge in [0, 0.05) is 0 Å². The quantitative estimate of drug-likeness (QED) is 0.700. The summed E-state index contributed by atoms with van der Waals surface area (Å²) in [4.78, 5) is 0. The monoisotopic (exact) mass is 189 g/mol. The minimum absolute atomic E-state index is 0.188. The van der Waals surface area contributed by atoms with Gasteiger partial charge in [-0.15, -0.1) is 0 Å². The van der Waals surface area contributed by atoms with Crippen LogP contribution in [-0.4, -0.2) is 18.5 Å². The van der Waals surface area contributed by atoms with Crippen LogP contribution in [0.25, 0.3) is 0 Å². The summed E-state index contributed by atoms with van der Waals surface area (Å²) >= 11 is 0. The third kappa shape index (κ3) is 3.55. The van der Waals surface area contributed by atoms with Crippen LogP contribution in [0.3, 0.4) is 0 Å². The first-order valence-electron chi connectivity index (χ1n) is 5.32. The summed E-state index contributed by atoms with van der Waals surface area (Å²) in [6.45, 7) is 4.13. The Morgan fingerprint density at radius 3 is 2.86 bits per heavy atom. The Morgan fingerprint density at radius 1 is 1.43 bits per heavy atom. The van der Waals surface area contributed by atoms with Crippen LogP contribution >= 0.6 is 0 Å². The highest BCUT2D eigenvalue weighted by Crippen LogP contribution is 2.06. The van der Waals surface area contributed by atoms with E-state index in [-0.39, 0.29) is 6.10 Å². The van der Waals surface area contributed by atoms with E-state index in [1.54, 1.807) is 0 Å². The minimum Gasteiger partial charge on any atom is -0.393 e. The Labute approximate surface area is 87.4 Å². The lowest BCUT2D eigenvalue weighted by Crippen LogP contribution is -2.14. The van der Waals surface area contributed by atoms with Crippen molar-refractivity contribution < 1.29 is 5.11 Å². The molecule has 0 spiro atoms. The van der Waals surface area contributed by atoms with E-state index >= 15 is 0 Å². The van der Waals surface area contributed by atoms with E-state index in [0.717, 1.165) is 19.3 Å². The molecule has 0 saturated carbocycles. The smallest absolute Gasteiger partial charge is 0.148 e. The van der Waals surface area contributed by atoms with E-state index in [1.165, 1.54) is 11.0 Å². The summed E-state index contributed by atoms with van der Waals surface area (Å²) in [6, 6.07) is 8.34. The molecule has 0 amide bonds. The molecule has 1 atom stereocenters. The Morgan fingerprint density at radius 2 is 2.21 bits per heavy atom. The van der Waals surface area contributed by atoms with Gasteiger partial charge < -0.3 is 5.11 Å². The zero-order valence-electron chi connectivity index (χ0n) is 9.03. The van der Waals surface area contributed by atoms with Gasteiger partial charge in [-0.05, 0) is 18.4 Å². The lowest BCUT2D eigenvalue weighted by atomic mass is 9.73. The van der Waals surface area contributed by atoms with E-state index < -0.39 is 0 Å². The lowest BCUT2D eigenvalue weighted by molar-refractivity contribution is 0.164. The number of hydrogen-bond acceptors (Lipinski definition) is 1. The van der Waals surface area contributed by atoms with Gasteiger partial charge in [0.2, 0.25) is 0 Å². The summed E-state index contributed by atoms with van der Waals surface area (Å²) in [5.74, 6) is 0. The third-order valence-electron chi connectivity index (χ3n) is 2.38. The fraction of sp³-hybridized carbons (Fsp3) is 0.500. The van der Waals surface area contributed by atoms with E-state index in [0.29, 0.717) is 0 Å². The number of aliphatic hydroxyl groups is 1. The van der Waals surface area contributed by atoms with Crippen molar-refractivity contribution in [2.75, 3.05) is 0 Å². The maximum Gasteiger partial charge on any atom is 0.148 e. The Hall–Kier alpha value is -0.755. The number of aliphatic hydroxyl groups excluding tert-OH is 1. The summed E-state index contributed by atoms with van der Waals surface area (Å²) < 4.78 is 0. The second kappa shape index (κ2) is 5.87. The summed E-state index contributed by atoms with van der Waals surface area (Å²) in [7, 11) is 2.08. The predicted molar refractivity (Wildman–Crippen MR) is 62.3 cm³/mol. The summed E-state index contributed by atoms with van der Waals surface area (Å²) in [5, 5.41) is 9.66. The van der Waals surface area contributed by atoms with Crippen molar-refractivity contribution in [1.29, 1.82) is 0 Å². The topological polar surface area (TPSA) is 20.2 Å². The van der Waals surface area contributed by atoms with E-state index in [9.17, 15) is 5.11 Å². The van der Waals surface area contributed by atoms with Crippen LogP contribution in [0.2, 0.25) is 6.82 Å². The first-order valence-corrected chi connectivity index (χ1v) is 5.32. The van der Waals surface area contributed by atoms with Gasteiger partial charge in [-0.2, -0.15) is 0 Å². The number of rotatable bonds is 5. The van der Waals surface area contributed by atoms with Crippen LogP contribution in [0.5, 0.6) is 0 Å². The molecule has 1 N–H and O–H groups in total. The molecule has 0 heterocycles. The normalized spacial score (nSPS) is 12.5. The van der Waals surface area contributed by atoms with E-state index in [4.69, 9.17) is 0 Å². The van der Waals surface area contributed by atoms with Gasteiger partial charge in [0.05, 0.1) is 6.10 Å². The second-order valence-corrected chi connectivity index (χ2v) is 3.68. The molecule has 14 heavy (non-hydrogen) atoms. The van der Waals surface area contributed by atoms with Crippen molar-refractivity contribution in [2.45, 2.75) is 39.1 Å². The molecule has 1 aromatic carbocycles. The Balaban J connectivity index is 2.57. The maximum absolute atomic E-state index is 9.66. The molecule has 0 aliphatic rings. The Kier molecular flexibility index (Phi) is 4.74. The molecule has 1 nitrogen and oxygen atoms in total. The maximum atomic E-state index is 9.66. The van der Waals surface area contributed by atoms with Crippen LogP contribution in [-0.2, 0) is 6.42 Å². The third-order valence-corrected chi connectivity index (χ3v) is 2.38. The van der Waals surface area contributed by atoms with E-state index in [1.807, 2.05) is 12.9 Å². The van der Waals surface area contributed by atoms with Gasteiger partial charge >= 0.3 is 0 Å². The van der Waals surface area contributed by atoms with Crippen LogP contribution in [0.4, 0.5) is 0 Å². The summed E-state index contributed by atoms with van der Waals surface area (Å²) in [5.41, 5.74) is 2.45. The number of hydrogen-bond donors (Lipinski definition) is 1. The molecule has 0 aliphatic carbocycles. The molecule has 1 radical (unpaired) electrons. The van der Waals surface area contributed by atoms with Crippen molar-refractivity contribution in [3.05, 3.63) is 29.8 Å². The van der Waals surface area contributed by atoms with Crippen molar-refractivity contribution >= 4 is 12.7 Å². The standard InChI is InChI=1S/C12H18BO/c1-3-5-12(14)9-10-6-4-7-11(8-10)13-2/h4,6-8,12,14H,3,5,9H2,1-2H3/t12-/m0/s1. The van der Waals surface area contributed by atoms with Crippen LogP contribution in [0, 0.1) is 0 Å². The van der Waals surface area contributed by atoms with Crippen LogP contribution in [0.1, 0.15) is 25.3 Å². The average Bonchev–Trinajstić information content (AvgIpc) is 2.18. The fourth-order valence-corrected chi connectivity index (χ4v) is 1.61. The zero-order chi connectivity index (χ0) is 10.4. The molecule has 0 aliphatic heterocycles. The molecule has 0 unspecified atom stereocenters. The molecular formula is C12H18BO. The van der Waals surface area contributed by atoms with Crippen molar-refractivity contribution in [3.63, 3.8) is 0 Å². The van der Waals surface area contributed by atoms with Crippen molar-refractivity contribution in [3.8, 4) is 0 Å². The summed E-state index contributed by atoms with van der Waals surface area (Å²) in [6.07, 6.45) is 2.52. The molecule has 0 aromatic heterocycles. The van der Waals surface area contributed by atoms with Gasteiger partial charge in [-0.1, -0.05) is 49.9 Å². The molecule has 1 rings (SSSR count). The highest BCUT2D eigenvalue weighted by molar-refractivity contribution is 6.51. The molecular weight excluding hydrogens is 171 g/mol.